The van der Waals surface area contributed by atoms with Gasteiger partial charge in [0, 0.05) is 0 Å². The number of nitrogens with zero attached hydrogens (tertiary/aromatic N) is 1. The van der Waals surface area contributed by atoms with Gasteiger partial charge in [-0.25, -0.2) is 0 Å². The summed E-state index contributed by atoms with van der Waals surface area (Å²) in [6.07, 6.45) is 14.4. The summed E-state index contributed by atoms with van der Waals surface area (Å²) in [5.41, 5.74) is -1.86. The predicted octanol–water partition coefficient (Wildman–Crippen LogP) is 5.88. The van der Waals surface area contributed by atoms with Crippen LogP contribution < -0.4 is 0 Å². The molecule has 5 heteroatoms. The Hall–Kier alpha value is -1.57. The normalized spacial score (nSPS) is 13.9. The number of carboxylic acids is 2. The Bertz CT molecular complexity index is 422. The zero-order chi connectivity index (χ0) is 20.6. The van der Waals surface area contributed by atoms with E-state index >= 15 is 0 Å². The molecule has 0 radical (unpaired) electrons. The highest BCUT2D eigenvalue weighted by molar-refractivity contribution is 5.85. The molecule has 152 valence electrons. The number of rotatable bonds is 13. The van der Waals surface area contributed by atoms with Crippen LogP contribution in [0.2, 0.25) is 0 Å². The number of nitriles is 1. The smallest absolute Gasteiger partial charge is 0.324 e. The van der Waals surface area contributed by atoms with Crippen LogP contribution in [0.3, 0.4) is 0 Å². The van der Waals surface area contributed by atoms with E-state index in [0.29, 0.717) is 0 Å². The van der Waals surface area contributed by atoms with Gasteiger partial charge in [-0.05, 0) is 19.8 Å². The second-order valence-corrected chi connectivity index (χ2v) is 7.33. The molecule has 2 unspecified atom stereocenters. The highest BCUT2D eigenvalue weighted by Gasteiger charge is 2.43. The van der Waals surface area contributed by atoms with Gasteiger partial charge < -0.3 is 10.2 Å². The van der Waals surface area contributed by atoms with Crippen molar-refractivity contribution in [3.8, 4) is 6.07 Å². The first-order valence-corrected chi connectivity index (χ1v) is 10.1. The van der Waals surface area contributed by atoms with Gasteiger partial charge >= 0.3 is 11.9 Å². The van der Waals surface area contributed by atoms with Crippen molar-refractivity contribution in [2.24, 2.45) is 17.3 Å². The van der Waals surface area contributed by atoms with E-state index in [1.165, 1.54) is 77.2 Å². The molecule has 26 heavy (non-hydrogen) atoms. The van der Waals surface area contributed by atoms with Crippen molar-refractivity contribution in [1.29, 1.82) is 5.26 Å². The zero-order valence-electron chi connectivity index (χ0n) is 17.4. The van der Waals surface area contributed by atoms with Gasteiger partial charge in [-0.15, -0.1) is 0 Å². The average Bonchev–Trinajstić information content (AvgIpc) is 2.62. The standard InChI is InChI=1S/C14H30.C7H9NO4/c1-4-7-10-13-14(11-8-5-2)12-9-6-3;1-4(5(9)10)7(2,3-8)6(11)12/h14H,4-13H2,1-3H3;4H,1-2H3,(H,9,10)(H,11,12). The second-order valence-electron chi connectivity index (χ2n) is 7.33. The third-order valence-electron chi connectivity index (χ3n) is 5.06. The van der Waals surface area contributed by atoms with Gasteiger partial charge in [0.15, 0.2) is 5.41 Å². The van der Waals surface area contributed by atoms with Gasteiger partial charge in [-0.2, -0.15) is 5.26 Å². The Morgan fingerprint density at radius 3 is 1.62 bits per heavy atom. The average molecular weight is 370 g/mol. The van der Waals surface area contributed by atoms with Crippen molar-refractivity contribution in [2.75, 3.05) is 0 Å². The van der Waals surface area contributed by atoms with Crippen molar-refractivity contribution >= 4 is 11.9 Å². The van der Waals surface area contributed by atoms with E-state index < -0.39 is 23.3 Å². The van der Waals surface area contributed by atoms with Gasteiger partial charge in [-0.3, -0.25) is 9.59 Å². The molecule has 0 saturated carbocycles. The van der Waals surface area contributed by atoms with Crippen LogP contribution in [0.1, 0.15) is 98.8 Å². The summed E-state index contributed by atoms with van der Waals surface area (Å²) in [7, 11) is 0. The Labute approximate surface area is 159 Å². The molecule has 2 N–H and O–H groups in total. The van der Waals surface area contributed by atoms with Crippen molar-refractivity contribution in [1.82, 2.24) is 0 Å². The quantitative estimate of drug-likeness (QED) is 0.395. The molecule has 0 spiro atoms. The van der Waals surface area contributed by atoms with Gasteiger partial charge in [0.2, 0.25) is 0 Å². The number of aliphatic carboxylic acids is 2. The van der Waals surface area contributed by atoms with Crippen LogP contribution in [0.4, 0.5) is 0 Å². The van der Waals surface area contributed by atoms with Crippen LogP contribution in [0, 0.1) is 28.6 Å². The van der Waals surface area contributed by atoms with E-state index in [2.05, 4.69) is 20.8 Å². The van der Waals surface area contributed by atoms with E-state index in [9.17, 15) is 9.59 Å². The molecule has 0 aromatic carbocycles. The van der Waals surface area contributed by atoms with Crippen LogP contribution in [0.15, 0.2) is 0 Å². The molecule has 0 aliphatic heterocycles. The number of hydrogen-bond donors (Lipinski definition) is 2. The minimum absolute atomic E-state index is 1.04. The van der Waals surface area contributed by atoms with E-state index in [1.807, 2.05) is 0 Å². The monoisotopic (exact) mass is 369 g/mol. The summed E-state index contributed by atoms with van der Waals surface area (Å²) in [5.74, 6) is -2.89. The molecular weight excluding hydrogens is 330 g/mol. The van der Waals surface area contributed by atoms with Crippen molar-refractivity contribution in [2.45, 2.75) is 98.8 Å². The molecule has 0 bridgehead atoms. The molecule has 0 saturated heterocycles. The number of carboxylic acid groups (broad SMARTS) is 2. The first kappa shape index (κ1) is 26.7. The lowest BCUT2D eigenvalue weighted by molar-refractivity contribution is -0.156. The van der Waals surface area contributed by atoms with Crippen molar-refractivity contribution in [3.63, 3.8) is 0 Å². The Kier molecular flexibility index (Phi) is 16.1. The SMILES string of the molecule is CC(C(=O)O)C(C)(C#N)C(=O)O.CCCCCC(CCCC)CCCC. The minimum atomic E-state index is -1.86. The molecule has 2 atom stereocenters. The predicted molar refractivity (Wildman–Crippen MR) is 105 cm³/mol. The molecule has 0 aromatic heterocycles. The summed E-state index contributed by atoms with van der Waals surface area (Å²) >= 11 is 0. The summed E-state index contributed by atoms with van der Waals surface area (Å²) in [6.45, 7) is 9.20. The topological polar surface area (TPSA) is 98.4 Å². The first-order chi connectivity index (χ1) is 12.2. The Morgan fingerprint density at radius 2 is 1.35 bits per heavy atom. The van der Waals surface area contributed by atoms with Crippen LogP contribution >= 0.6 is 0 Å². The van der Waals surface area contributed by atoms with Crippen molar-refractivity contribution in [3.05, 3.63) is 0 Å². The molecule has 0 heterocycles. The summed E-state index contributed by atoms with van der Waals surface area (Å²) in [4.78, 5) is 20.9. The molecular formula is C21H39NO4. The van der Waals surface area contributed by atoms with E-state index in [4.69, 9.17) is 15.5 Å². The summed E-state index contributed by atoms with van der Waals surface area (Å²) < 4.78 is 0. The zero-order valence-corrected chi connectivity index (χ0v) is 17.4. The number of unbranched alkanes of at least 4 members (excludes halogenated alkanes) is 4. The molecule has 0 aliphatic rings. The van der Waals surface area contributed by atoms with Gasteiger partial charge in [-0.1, -0.05) is 85.0 Å². The first-order valence-electron chi connectivity index (χ1n) is 10.1. The molecule has 0 rings (SSSR count). The van der Waals surface area contributed by atoms with E-state index in [0.717, 1.165) is 12.8 Å². The lowest BCUT2D eigenvalue weighted by atomic mass is 9.79. The van der Waals surface area contributed by atoms with Crippen molar-refractivity contribution < 1.29 is 19.8 Å². The number of carbonyl (C=O) groups is 2. The highest BCUT2D eigenvalue weighted by atomic mass is 16.4. The summed E-state index contributed by atoms with van der Waals surface area (Å²) in [6, 6.07) is 1.48. The largest absolute Gasteiger partial charge is 0.481 e. The van der Waals surface area contributed by atoms with E-state index in [-0.39, 0.29) is 0 Å². The maximum atomic E-state index is 10.5. The molecule has 0 amide bonds. The fourth-order valence-corrected chi connectivity index (χ4v) is 2.68. The van der Waals surface area contributed by atoms with Crippen LogP contribution in [0.5, 0.6) is 0 Å². The van der Waals surface area contributed by atoms with Crippen LogP contribution in [-0.4, -0.2) is 22.2 Å². The molecule has 0 aromatic rings. The third-order valence-corrected chi connectivity index (χ3v) is 5.06. The lowest BCUT2D eigenvalue weighted by Crippen LogP contribution is -2.37. The molecule has 0 fully saturated rings. The fraction of sp³-hybridized carbons (Fsp3) is 0.857. The maximum absolute atomic E-state index is 10.5. The molecule has 5 nitrogen and oxygen atoms in total. The fourth-order valence-electron chi connectivity index (χ4n) is 2.68. The van der Waals surface area contributed by atoms with Gasteiger partial charge in [0.05, 0.1) is 12.0 Å². The van der Waals surface area contributed by atoms with Crippen LogP contribution in [0.25, 0.3) is 0 Å². The highest BCUT2D eigenvalue weighted by Crippen LogP contribution is 2.26. The minimum Gasteiger partial charge on any atom is -0.481 e. The Morgan fingerprint density at radius 1 is 0.923 bits per heavy atom. The maximum Gasteiger partial charge on any atom is 0.324 e. The second kappa shape index (κ2) is 15.7. The summed E-state index contributed by atoms with van der Waals surface area (Å²) in [5, 5.41) is 25.5. The van der Waals surface area contributed by atoms with Gasteiger partial charge in [0.1, 0.15) is 0 Å². The lowest BCUT2D eigenvalue weighted by Gasteiger charge is -2.19. The third kappa shape index (κ3) is 11.1. The van der Waals surface area contributed by atoms with Crippen LogP contribution in [-0.2, 0) is 9.59 Å². The van der Waals surface area contributed by atoms with E-state index in [1.54, 1.807) is 0 Å². The van der Waals surface area contributed by atoms with Gasteiger partial charge in [0.25, 0.3) is 0 Å². The number of hydrogen-bond acceptors (Lipinski definition) is 3. The Balaban J connectivity index is 0. The molecule has 0 aliphatic carbocycles.